The van der Waals surface area contributed by atoms with Crippen LogP contribution in [0.15, 0.2) is 91.0 Å². The van der Waals surface area contributed by atoms with Gasteiger partial charge in [0, 0.05) is 0 Å². The summed E-state index contributed by atoms with van der Waals surface area (Å²) in [5.41, 5.74) is 0. The monoisotopic (exact) mass is 432 g/mol. The van der Waals surface area contributed by atoms with Crippen LogP contribution >= 0.6 is 17.2 Å². The van der Waals surface area contributed by atoms with Gasteiger partial charge in [-0.05, 0) is 36.4 Å². The number of para-hydroxylation sites is 3. The standard InChI is InChI=1S/C18H15O3P.K.H3O3P.H/c1-4-10-16(11-5-1)19-22(20-17-12-6-2-7-13-17)21-18-14-8-3-9-15-18;;1-4(2)3;/h1-15H;;1-3H;/q;+1;;-1. The van der Waals surface area contributed by atoms with E-state index in [0.717, 1.165) is 0 Å². The first kappa shape index (κ1) is 24.5. The molecule has 0 atom stereocenters. The molecule has 0 aliphatic rings. The molecule has 0 unspecified atom stereocenters. The molecule has 0 saturated carbocycles. The molecule has 138 valence electrons. The third-order valence-corrected chi connectivity index (χ3v) is 3.85. The fourth-order valence-electron chi connectivity index (χ4n) is 1.76. The maximum atomic E-state index is 7.23. The first-order valence-corrected chi connectivity index (χ1v) is 9.79. The molecule has 0 bridgehead atoms. The molecule has 0 spiro atoms. The Bertz CT molecular complexity index is 639. The summed E-state index contributed by atoms with van der Waals surface area (Å²) in [7, 11) is -4.21. The second-order valence-electron chi connectivity index (χ2n) is 4.70. The third kappa shape index (κ3) is 11.1. The molecule has 3 N–H and O–H groups in total. The van der Waals surface area contributed by atoms with Crippen molar-refractivity contribution >= 4 is 17.2 Å². The minimum atomic E-state index is -2.62. The van der Waals surface area contributed by atoms with Crippen LogP contribution in [0.1, 0.15) is 1.43 Å². The Balaban J connectivity index is 0.00000111. The average molecular weight is 432 g/mol. The van der Waals surface area contributed by atoms with Crippen molar-refractivity contribution < 1.29 is 81.1 Å². The first-order chi connectivity index (χ1) is 12.6. The van der Waals surface area contributed by atoms with Crippen molar-refractivity contribution in [3.63, 3.8) is 0 Å². The van der Waals surface area contributed by atoms with E-state index in [1.165, 1.54) is 0 Å². The summed E-state index contributed by atoms with van der Waals surface area (Å²) in [6.45, 7) is 0. The molecule has 0 aliphatic heterocycles. The van der Waals surface area contributed by atoms with Crippen LogP contribution in [-0.2, 0) is 0 Å². The van der Waals surface area contributed by atoms with Crippen LogP contribution in [-0.4, -0.2) is 14.7 Å². The summed E-state index contributed by atoms with van der Waals surface area (Å²) in [5.74, 6) is 2.13. The second-order valence-corrected chi connectivity index (χ2v) is 6.24. The van der Waals surface area contributed by atoms with E-state index in [4.69, 9.17) is 28.3 Å². The minimum absolute atomic E-state index is 0. The van der Waals surface area contributed by atoms with Gasteiger partial charge >= 0.3 is 68.6 Å². The largest absolute Gasteiger partial charge is 1.00 e. The average Bonchev–Trinajstić information content (AvgIpc) is 2.64. The molecule has 3 aromatic rings. The van der Waals surface area contributed by atoms with Crippen LogP contribution in [0.5, 0.6) is 17.2 Å². The van der Waals surface area contributed by atoms with E-state index in [9.17, 15) is 0 Å². The molecule has 9 heteroatoms. The number of benzene rings is 3. The maximum absolute atomic E-state index is 7.23. The predicted octanol–water partition coefficient (Wildman–Crippen LogP) is 1.76. The summed E-state index contributed by atoms with van der Waals surface area (Å²) in [5, 5.41) is 0. The molecule has 0 aliphatic carbocycles. The van der Waals surface area contributed by atoms with Crippen LogP contribution in [0, 0.1) is 0 Å². The van der Waals surface area contributed by atoms with E-state index in [1.807, 2.05) is 91.0 Å². The predicted molar refractivity (Wildman–Crippen MR) is 103 cm³/mol. The van der Waals surface area contributed by atoms with Crippen molar-refractivity contribution in [2.24, 2.45) is 0 Å². The summed E-state index contributed by atoms with van der Waals surface area (Å²) < 4.78 is 17.5. The van der Waals surface area contributed by atoms with Gasteiger partial charge < -0.3 is 29.7 Å². The van der Waals surface area contributed by atoms with Gasteiger partial charge in [-0.2, -0.15) is 0 Å². The molecule has 0 fully saturated rings. The molecular formula is C18H19KO6P2. The zero-order valence-electron chi connectivity index (χ0n) is 15.6. The van der Waals surface area contributed by atoms with Crippen molar-refractivity contribution in [2.75, 3.05) is 0 Å². The SMILES string of the molecule is OP(O)O.[H-].[K+].c1ccc(OP(Oc2ccccc2)Oc2ccccc2)cc1. The smallest absolute Gasteiger partial charge is 1.00 e. The van der Waals surface area contributed by atoms with Gasteiger partial charge in [-0.25, -0.2) is 0 Å². The van der Waals surface area contributed by atoms with Gasteiger partial charge in [-0.1, -0.05) is 54.6 Å². The van der Waals surface area contributed by atoms with E-state index >= 15 is 0 Å². The Morgan fingerprint density at radius 1 is 0.519 bits per heavy atom. The Morgan fingerprint density at radius 2 is 0.741 bits per heavy atom. The second kappa shape index (κ2) is 14.4. The van der Waals surface area contributed by atoms with Gasteiger partial charge in [0.2, 0.25) is 0 Å². The summed E-state index contributed by atoms with van der Waals surface area (Å²) >= 11 is 0. The third-order valence-electron chi connectivity index (χ3n) is 2.77. The molecule has 0 aromatic heterocycles. The Labute approximate surface area is 204 Å². The van der Waals surface area contributed by atoms with Crippen LogP contribution < -0.4 is 65.0 Å². The van der Waals surface area contributed by atoms with Gasteiger partial charge in [-0.3, -0.25) is 0 Å². The van der Waals surface area contributed by atoms with Gasteiger partial charge in [-0.15, -0.1) is 0 Å². The zero-order chi connectivity index (χ0) is 18.6. The van der Waals surface area contributed by atoms with Crippen molar-refractivity contribution in [1.29, 1.82) is 0 Å². The molecule has 0 radical (unpaired) electrons. The first-order valence-electron chi connectivity index (χ1n) is 7.49. The van der Waals surface area contributed by atoms with Crippen LogP contribution in [0.2, 0.25) is 0 Å². The van der Waals surface area contributed by atoms with E-state index in [-0.39, 0.29) is 52.8 Å². The van der Waals surface area contributed by atoms with Gasteiger partial charge in [0.05, 0.1) is 0 Å². The van der Waals surface area contributed by atoms with Gasteiger partial charge in [0.1, 0.15) is 17.2 Å². The zero-order valence-corrected chi connectivity index (χ0v) is 19.5. The van der Waals surface area contributed by atoms with E-state index < -0.39 is 17.2 Å². The summed E-state index contributed by atoms with van der Waals surface area (Å²) in [6, 6.07) is 28.5. The molecule has 3 rings (SSSR count). The van der Waals surface area contributed by atoms with E-state index in [1.54, 1.807) is 0 Å². The Morgan fingerprint density at radius 3 is 0.963 bits per heavy atom. The summed E-state index contributed by atoms with van der Waals surface area (Å²) in [6.07, 6.45) is 0. The quantitative estimate of drug-likeness (QED) is 0.407. The number of hydrogen-bond acceptors (Lipinski definition) is 6. The van der Waals surface area contributed by atoms with Crippen LogP contribution in [0.4, 0.5) is 0 Å². The maximum Gasteiger partial charge on any atom is 1.00 e. The minimum Gasteiger partial charge on any atom is -1.00 e. The molecule has 0 saturated heterocycles. The number of hydrogen-bond donors (Lipinski definition) is 3. The molecule has 0 heterocycles. The van der Waals surface area contributed by atoms with Crippen LogP contribution in [0.25, 0.3) is 0 Å². The van der Waals surface area contributed by atoms with Crippen molar-refractivity contribution in [2.45, 2.75) is 0 Å². The topological polar surface area (TPSA) is 88.4 Å². The normalized spacial score (nSPS) is 9.67. The van der Waals surface area contributed by atoms with E-state index in [2.05, 4.69) is 0 Å². The molecular weight excluding hydrogens is 413 g/mol. The Kier molecular flexibility index (Phi) is 13.1. The van der Waals surface area contributed by atoms with Crippen molar-refractivity contribution in [1.82, 2.24) is 0 Å². The fourth-order valence-corrected chi connectivity index (χ4v) is 2.75. The molecule has 0 amide bonds. The molecule has 6 nitrogen and oxygen atoms in total. The molecule has 27 heavy (non-hydrogen) atoms. The van der Waals surface area contributed by atoms with Crippen molar-refractivity contribution in [3.05, 3.63) is 91.0 Å². The van der Waals surface area contributed by atoms with Crippen molar-refractivity contribution in [3.8, 4) is 17.2 Å². The summed E-state index contributed by atoms with van der Waals surface area (Å²) in [4.78, 5) is 21.7. The van der Waals surface area contributed by atoms with Crippen LogP contribution in [0.3, 0.4) is 0 Å². The Hall–Kier alpha value is -0.564. The number of rotatable bonds is 6. The van der Waals surface area contributed by atoms with Gasteiger partial charge in [0.15, 0.2) is 0 Å². The van der Waals surface area contributed by atoms with E-state index in [0.29, 0.717) is 17.2 Å². The van der Waals surface area contributed by atoms with Gasteiger partial charge in [0.25, 0.3) is 0 Å². The fraction of sp³-hybridized carbons (Fsp3) is 0. The molecule has 3 aromatic carbocycles.